The van der Waals surface area contributed by atoms with Gasteiger partial charge in [0.25, 0.3) is 5.89 Å². The summed E-state index contributed by atoms with van der Waals surface area (Å²) in [6, 6.07) is 5.97. The fourth-order valence-electron chi connectivity index (χ4n) is 2.10. The average molecular weight is 365 g/mol. The van der Waals surface area contributed by atoms with Crippen LogP contribution in [0.25, 0.3) is 22.8 Å². The van der Waals surface area contributed by atoms with E-state index < -0.39 is 0 Å². The molecule has 2 heterocycles. The van der Waals surface area contributed by atoms with Gasteiger partial charge in [0, 0.05) is 17.1 Å². The molecule has 7 heteroatoms. The molecule has 0 bridgehead atoms. The van der Waals surface area contributed by atoms with Crippen molar-refractivity contribution in [1.82, 2.24) is 14.5 Å². The maximum absolute atomic E-state index is 5.43. The van der Waals surface area contributed by atoms with Gasteiger partial charge < -0.3 is 9.84 Å². The summed E-state index contributed by atoms with van der Waals surface area (Å²) in [5, 5.41) is 8.13. The Balaban J connectivity index is 2.06. The van der Waals surface area contributed by atoms with E-state index in [0.29, 0.717) is 11.7 Å². The highest BCUT2D eigenvalue weighted by atomic mass is 79.9. The molecule has 0 aliphatic rings. The van der Waals surface area contributed by atoms with Gasteiger partial charge in [0.2, 0.25) is 5.82 Å². The summed E-state index contributed by atoms with van der Waals surface area (Å²) in [4.78, 5) is 4.52. The van der Waals surface area contributed by atoms with Crippen molar-refractivity contribution in [3.8, 4) is 22.8 Å². The van der Waals surface area contributed by atoms with Gasteiger partial charge in [0.15, 0.2) is 0 Å². The Bertz CT molecular complexity index is 796. The lowest BCUT2D eigenvalue weighted by molar-refractivity contribution is 0.432. The van der Waals surface area contributed by atoms with Gasteiger partial charge >= 0.3 is 0 Å². The first-order chi connectivity index (χ1) is 10.1. The topological polar surface area (TPSA) is 63.8 Å². The van der Waals surface area contributed by atoms with Crippen LogP contribution in [0.3, 0.4) is 0 Å². The molecule has 3 rings (SSSR count). The second-order valence-corrected chi connectivity index (χ2v) is 6.29. The van der Waals surface area contributed by atoms with Crippen molar-refractivity contribution in [3.63, 3.8) is 0 Å². The predicted octanol–water partition coefficient (Wildman–Crippen LogP) is 4.28. The molecule has 3 aromatic rings. The first kappa shape index (κ1) is 14.2. The minimum Gasteiger partial charge on any atom is -0.378 e. The molecule has 0 aliphatic heterocycles. The Labute approximate surface area is 134 Å². The molecule has 0 fully saturated rings. The average Bonchev–Trinajstić information content (AvgIpc) is 3.05. The van der Waals surface area contributed by atoms with Crippen LogP contribution in [0.15, 0.2) is 27.2 Å². The third-order valence-corrected chi connectivity index (χ3v) is 4.61. The van der Waals surface area contributed by atoms with E-state index in [1.165, 1.54) is 11.5 Å². The number of anilines is 1. The van der Waals surface area contributed by atoms with E-state index in [4.69, 9.17) is 4.52 Å². The lowest BCUT2D eigenvalue weighted by Gasteiger charge is -2.00. The second-order valence-electron chi connectivity index (χ2n) is 4.60. The summed E-state index contributed by atoms with van der Waals surface area (Å²) in [6.45, 7) is 3.95. The van der Waals surface area contributed by atoms with Crippen molar-refractivity contribution in [1.29, 1.82) is 0 Å². The predicted molar refractivity (Wildman–Crippen MR) is 87.6 cm³/mol. The van der Waals surface area contributed by atoms with E-state index in [1.807, 2.05) is 39.1 Å². The van der Waals surface area contributed by atoms with Gasteiger partial charge in [-0.1, -0.05) is 21.1 Å². The fraction of sp³-hybridized carbons (Fsp3) is 0.214. The molecule has 0 atom stereocenters. The summed E-state index contributed by atoms with van der Waals surface area (Å²) in [7, 11) is 1.85. The van der Waals surface area contributed by atoms with Crippen LogP contribution >= 0.6 is 27.5 Å². The smallest absolute Gasteiger partial charge is 0.263 e. The van der Waals surface area contributed by atoms with E-state index in [1.54, 1.807) is 0 Å². The molecule has 0 saturated heterocycles. The highest BCUT2D eigenvalue weighted by molar-refractivity contribution is 9.10. The van der Waals surface area contributed by atoms with Crippen molar-refractivity contribution in [2.24, 2.45) is 0 Å². The number of nitrogens with one attached hydrogen (secondary N) is 1. The Morgan fingerprint density at radius 1 is 1.29 bits per heavy atom. The van der Waals surface area contributed by atoms with Crippen LogP contribution < -0.4 is 5.32 Å². The van der Waals surface area contributed by atoms with E-state index in [0.717, 1.165) is 31.9 Å². The Hall–Kier alpha value is -1.73. The molecule has 1 N–H and O–H groups in total. The second kappa shape index (κ2) is 5.57. The number of hydrogen-bond acceptors (Lipinski definition) is 6. The van der Waals surface area contributed by atoms with Crippen molar-refractivity contribution >= 4 is 32.5 Å². The van der Waals surface area contributed by atoms with Crippen molar-refractivity contribution in [2.45, 2.75) is 13.8 Å². The summed E-state index contributed by atoms with van der Waals surface area (Å²) >= 11 is 4.84. The number of nitrogens with zero attached hydrogens (tertiary/aromatic N) is 3. The molecule has 108 valence electrons. The maximum atomic E-state index is 5.43. The number of rotatable bonds is 3. The lowest BCUT2D eigenvalue weighted by Crippen LogP contribution is -1.89. The first-order valence-electron chi connectivity index (χ1n) is 6.34. The zero-order chi connectivity index (χ0) is 15.0. The minimum absolute atomic E-state index is 0.489. The van der Waals surface area contributed by atoms with Gasteiger partial charge in [0.05, 0.1) is 11.3 Å². The quantitative estimate of drug-likeness (QED) is 0.751. The number of halogens is 1. The van der Waals surface area contributed by atoms with E-state index in [2.05, 4.69) is 35.8 Å². The van der Waals surface area contributed by atoms with E-state index in [-0.39, 0.29) is 0 Å². The monoisotopic (exact) mass is 364 g/mol. The molecule has 2 aromatic heterocycles. The largest absolute Gasteiger partial charge is 0.378 e. The molecule has 0 radical (unpaired) electrons. The van der Waals surface area contributed by atoms with Crippen LogP contribution in [0, 0.1) is 13.8 Å². The molecule has 21 heavy (non-hydrogen) atoms. The molecule has 1 aromatic carbocycles. The summed E-state index contributed by atoms with van der Waals surface area (Å²) < 4.78 is 10.8. The van der Waals surface area contributed by atoms with Crippen LogP contribution in [-0.4, -0.2) is 21.6 Å². The highest BCUT2D eigenvalue weighted by Crippen LogP contribution is 2.34. The standard InChI is InChI=1S/C14H13BrN4OS/c1-7-6-9(15)4-5-10(7)12-17-13(20-18-12)11-8(2)19-21-14(11)16-3/h4-6,16H,1-3H3. The molecular weight excluding hydrogens is 352 g/mol. The fourth-order valence-corrected chi connectivity index (χ4v) is 3.32. The Morgan fingerprint density at radius 2 is 2.10 bits per heavy atom. The third-order valence-electron chi connectivity index (χ3n) is 3.16. The highest BCUT2D eigenvalue weighted by Gasteiger charge is 2.19. The van der Waals surface area contributed by atoms with Crippen molar-refractivity contribution in [3.05, 3.63) is 33.9 Å². The zero-order valence-electron chi connectivity index (χ0n) is 11.8. The SMILES string of the molecule is CNc1snc(C)c1-c1nc(-c2ccc(Br)cc2C)no1. The molecular formula is C14H13BrN4OS. The zero-order valence-corrected chi connectivity index (χ0v) is 14.2. The molecule has 0 saturated carbocycles. The minimum atomic E-state index is 0.489. The number of aromatic nitrogens is 3. The van der Waals surface area contributed by atoms with E-state index in [9.17, 15) is 0 Å². The van der Waals surface area contributed by atoms with Crippen LogP contribution in [-0.2, 0) is 0 Å². The van der Waals surface area contributed by atoms with Gasteiger partial charge in [-0.25, -0.2) is 0 Å². The molecule has 0 spiro atoms. The van der Waals surface area contributed by atoms with Crippen molar-refractivity contribution < 1.29 is 4.52 Å². The van der Waals surface area contributed by atoms with Gasteiger partial charge in [-0.3, -0.25) is 0 Å². The summed E-state index contributed by atoms with van der Waals surface area (Å²) in [5.74, 6) is 1.07. The van der Waals surface area contributed by atoms with E-state index >= 15 is 0 Å². The number of benzene rings is 1. The lowest BCUT2D eigenvalue weighted by atomic mass is 10.1. The first-order valence-corrected chi connectivity index (χ1v) is 7.91. The van der Waals surface area contributed by atoms with Gasteiger partial charge in [-0.15, -0.1) is 0 Å². The van der Waals surface area contributed by atoms with Gasteiger partial charge in [0.1, 0.15) is 5.00 Å². The Morgan fingerprint density at radius 3 is 2.81 bits per heavy atom. The molecule has 5 nitrogen and oxygen atoms in total. The number of hydrogen-bond donors (Lipinski definition) is 1. The van der Waals surface area contributed by atoms with Crippen LogP contribution in [0.5, 0.6) is 0 Å². The van der Waals surface area contributed by atoms with Gasteiger partial charge in [-0.2, -0.15) is 9.36 Å². The number of aryl methyl sites for hydroxylation is 2. The molecule has 0 unspecified atom stereocenters. The molecule has 0 amide bonds. The third kappa shape index (κ3) is 2.58. The molecule has 0 aliphatic carbocycles. The van der Waals surface area contributed by atoms with Crippen LogP contribution in [0.1, 0.15) is 11.3 Å². The van der Waals surface area contributed by atoms with Crippen LogP contribution in [0.2, 0.25) is 0 Å². The summed E-state index contributed by atoms with van der Waals surface area (Å²) in [5.41, 5.74) is 3.80. The van der Waals surface area contributed by atoms with Crippen molar-refractivity contribution in [2.75, 3.05) is 12.4 Å². The summed E-state index contributed by atoms with van der Waals surface area (Å²) in [6.07, 6.45) is 0. The van der Waals surface area contributed by atoms with Crippen LogP contribution in [0.4, 0.5) is 5.00 Å². The van der Waals surface area contributed by atoms with Gasteiger partial charge in [-0.05, 0) is 49.1 Å². The Kier molecular flexibility index (Phi) is 3.77. The maximum Gasteiger partial charge on any atom is 0.263 e. The normalized spacial score (nSPS) is 10.9.